The predicted octanol–water partition coefficient (Wildman–Crippen LogP) is 4.89. The highest BCUT2D eigenvalue weighted by Crippen LogP contribution is 2.27. The van der Waals surface area contributed by atoms with Gasteiger partial charge in [0.2, 0.25) is 0 Å². The molecule has 3 nitrogen and oxygen atoms in total. The lowest BCUT2D eigenvalue weighted by Gasteiger charge is -2.15. The third kappa shape index (κ3) is 3.45. The maximum atomic E-state index is 11.7. The van der Waals surface area contributed by atoms with Crippen molar-refractivity contribution in [1.29, 1.82) is 0 Å². The van der Waals surface area contributed by atoms with Crippen LogP contribution in [0.2, 0.25) is 0 Å². The van der Waals surface area contributed by atoms with E-state index in [1.807, 2.05) is 49.4 Å². The average molecular weight is 308 g/mol. The number of rotatable bonds is 5. The Morgan fingerprint density at radius 2 is 1.87 bits per heavy atom. The van der Waals surface area contributed by atoms with Gasteiger partial charge in [0, 0.05) is 17.5 Å². The molecule has 0 spiro atoms. The van der Waals surface area contributed by atoms with Crippen LogP contribution in [0.1, 0.15) is 37.5 Å². The van der Waals surface area contributed by atoms with Crippen molar-refractivity contribution >= 4 is 11.0 Å². The number of hydrogen-bond donors (Lipinski definition) is 0. The topological polar surface area (TPSA) is 39.4 Å². The van der Waals surface area contributed by atoms with Crippen LogP contribution >= 0.6 is 0 Å². The van der Waals surface area contributed by atoms with E-state index in [2.05, 4.69) is 6.92 Å². The monoisotopic (exact) mass is 308 g/mol. The minimum atomic E-state index is -0.311. The van der Waals surface area contributed by atoms with E-state index in [1.54, 1.807) is 12.1 Å². The third-order valence-electron chi connectivity index (χ3n) is 3.90. The summed E-state index contributed by atoms with van der Waals surface area (Å²) in [7, 11) is 0. The summed E-state index contributed by atoms with van der Waals surface area (Å²) in [4.78, 5) is 11.7. The Morgan fingerprint density at radius 3 is 2.61 bits per heavy atom. The Balaban J connectivity index is 1.92. The standard InChI is InChI=1S/C20H20O3/c1-3-7-16-12-20(21)23-19-13-17(10-11-18(16)19)22-14(2)15-8-5-4-6-9-15/h4-6,8-14H,3,7H2,1-2H3/t14-/m1/s1. The molecule has 2 aromatic carbocycles. The van der Waals surface area contributed by atoms with Crippen LogP contribution in [-0.4, -0.2) is 0 Å². The lowest BCUT2D eigenvalue weighted by Crippen LogP contribution is -2.04. The van der Waals surface area contributed by atoms with Gasteiger partial charge in [0.1, 0.15) is 17.4 Å². The quantitative estimate of drug-likeness (QED) is 0.630. The highest BCUT2D eigenvalue weighted by Gasteiger charge is 2.10. The molecule has 3 rings (SSSR count). The maximum absolute atomic E-state index is 11.7. The Bertz CT molecular complexity index is 850. The first kappa shape index (κ1) is 15.3. The van der Waals surface area contributed by atoms with E-state index < -0.39 is 0 Å². The van der Waals surface area contributed by atoms with Crippen molar-refractivity contribution in [2.75, 3.05) is 0 Å². The maximum Gasteiger partial charge on any atom is 0.336 e. The number of fused-ring (bicyclic) bond motifs is 1. The van der Waals surface area contributed by atoms with Crippen LogP contribution in [0.4, 0.5) is 0 Å². The van der Waals surface area contributed by atoms with Crippen LogP contribution in [0.25, 0.3) is 11.0 Å². The Hall–Kier alpha value is -2.55. The molecular weight excluding hydrogens is 288 g/mol. The van der Waals surface area contributed by atoms with Gasteiger partial charge in [-0.15, -0.1) is 0 Å². The summed E-state index contributed by atoms with van der Waals surface area (Å²) >= 11 is 0. The number of ether oxygens (including phenoxy) is 1. The van der Waals surface area contributed by atoms with E-state index >= 15 is 0 Å². The summed E-state index contributed by atoms with van der Waals surface area (Å²) in [6.07, 6.45) is 1.78. The smallest absolute Gasteiger partial charge is 0.336 e. The van der Waals surface area contributed by atoms with Crippen molar-refractivity contribution in [3.8, 4) is 5.75 Å². The summed E-state index contributed by atoms with van der Waals surface area (Å²) < 4.78 is 11.3. The van der Waals surface area contributed by atoms with E-state index in [0.717, 1.165) is 29.4 Å². The summed E-state index contributed by atoms with van der Waals surface area (Å²) in [6, 6.07) is 17.3. The van der Waals surface area contributed by atoms with Crippen molar-refractivity contribution in [3.05, 3.63) is 76.1 Å². The minimum Gasteiger partial charge on any atom is -0.486 e. The fourth-order valence-electron chi connectivity index (χ4n) is 2.76. The van der Waals surface area contributed by atoms with Crippen molar-refractivity contribution < 1.29 is 9.15 Å². The molecule has 23 heavy (non-hydrogen) atoms. The lowest BCUT2D eigenvalue weighted by atomic mass is 10.1. The highest BCUT2D eigenvalue weighted by molar-refractivity contribution is 5.81. The van der Waals surface area contributed by atoms with E-state index in [-0.39, 0.29) is 11.7 Å². The molecule has 1 atom stereocenters. The molecule has 118 valence electrons. The van der Waals surface area contributed by atoms with E-state index in [9.17, 15) is 4.79 Å². The van der Waals surface area contributed by atoms with E-state index in [4.69, 9.17) is 9.15 Å². The normalized spacial score (nSPS) is 12.3. The zero-order chi connectivity index (χ0) is 16.2. The molecular formula is C20H20O3. The molecule has 0 aliphatic heterocycles. The summed E-state index contributed by atoms with van der Waals surface area (Å²) in [5.41, 5.74) is 2.41. The van der Waals surface area contributed by atoms with Crippen LogP contribution in [0.5, 0.6) is 5.75 Å². The second-order valence-electron chi connectivity index (χ2n) is 5.67. The Morgan fingerprint density at radius 1 is 1.09 bits per heavy atom. The molecule has 0 fully saturated rings. The van der Waals surface area contributed by atoms with Crippen LogP contribution in [-0.2, 0) is 6.42 Å². The molecule has 0 unspecified atom stereocenters. The van der Waals surface area contributed by atoms with Gasteiger partial charge in [-0.2, -0.15) is 0 Å². The van der Waals surface area contributed by atoms with Gasteiger partial charge < -0.3 is 9.15 Å². The first-order valence-electron chi connectivity index (χ1n) is 7.95. The summed E-state index contributed by atoms with van der Waals surface area (Å²) in [5.74, 6) is 0.700. The summed E-state index contributed by atoms with van der Waals surface area (Å²) in [6.45, 7) is 4.10. The molecule has 0 aliphatic carbocycles. The molecule has 3 aromatic rings. The zero-order valence-electron chi connectivity index (χ0n) is 13.4. The minimum absolute atomic E-state index is 0.0702. The van der Waals surface area contributed by atoms with Gasteiger partial charge in [-0.3, -0.25) is 0 Å². The molecule has 1 aromatic heterocycles. The SMILES string of the molecule is CCCc1cc(=O)oc2cc(O[C@H](C)c3ccccc3)ccc12. The van der Waals surface area contributed by atoms with Gasteiger partial charge in [-0.05, 0) is 36.6 Å². The Labute approximate surface area is 135 Å². The molecule has 0 bridgehead atoms. The van der Waals surface area contributed by atoms with Gasteiger partial charge in [0.25, 0.3) is 0 Å². The van der Waals surface area contributed by atoms with Crippen LogP contribution in [0, 0.1) is 0 Å². The van der Waals surface area contributed by atoms with Gasteiger partial charge in [-0.1, -0.05) is 43.7 Å². The van der Waals surface area contributed by atoms with Gasteiger partial charge in [0.15, 0.2) is 0 Å². The van der Waals surface area contributed by atoms with Crippen molar-refractivity contribution in [2.45, 2.75) is 32.8 Å². The largest absolute Gasteiger partial charge is 0.486 e. The molecule has 3 heteroatoms. The molecule has 1 heterocycles. The molecule has 0 saturated carbocycles. The van der Waals surface area contributed by atoms with Crippen LogP contribution < -0.4 is 10.4 Å². The van der Waals surface area contributed by atoms with E-state index in [0.29, 0.717) is 11.3 Å². The average Bonchev–Trinajstić information content (AvgIpc) is 2.55. The molecule has 0 saturated heterocycles. The molecule has 0 aliphatic rings. The third-order valence-corrected chi connectivity index (χ3v) is 3.90. The van der Waals surface area contributed by atoms with Crippen LogP contribution in [0.3, 0.4) is 0 Å². The van der Waals surface area contributed by atoms with Crippen molar-refractivity contribution in [1.82, 2.24) is 0 Å². The zero-order valence-corrected chi connectivity index (χ0v) is 13.4. The van der Waals surface area contributed by atoms with Crippen molar-refractivity contribution in [3.63, 3.8) is 0 Å². The predicted molar refractivity (Wildman–Crippen MR) is 92.0 cm³/mol. The number of benzene rings is 2. The second-order valence-corrected chi connectivity index (χ2v) is 5.67. The van der Waals surface area contributed by atoms with Crippen LogP contribution in [0.15, 0.2) is 63.8 Å². The van der Waals surface area contributed by atoms with Crippen molar-refractivity contribution in [2.24, 2.45) is 0 Å². The highest BCUT2D eigenvalue weighted by atomic mass is 16.5. The fraction of sp³-hybridized carbons (Fsp3) is 0.250. The molecule has 0 amide bonds. The fourth-order valence-corrected chi connectivity index (χ4v) is 2.76. The van der Waals surface area contributed by atoms with Gasteiger partial charge in [-0.25, -0.2) is 4.79 Å². The molecule has 0 radical (unpaired) electrons. The van der Waals surface area contributed by atoms with E-state index in [1.165, 1.54) is 0 Å². The number of hydrogen-bond acceptors (Lipinski definition) is 3. The first-order chi connectivity index (χ1) is 11.2. The molecule has 0 N–H and O–H groups in total. The van der Waals surface area contributed by atoms with Gasteiger partial charge in [0.05, 0.1) is 0 Å². The second kappa shape index (κ2) is 6.69. The number of aryl methyl sites for hydroxylation is 1. The lowest BCUT2D eigenvalue weighted by molar-refractivity contribution is 0.227. The first-order valence-corrected chi connectivity index (χ1v) is 7.95. The van der Waals surface area contributed by atoms with Gasteiger partial charge >= 0.3 is 5.63 Å². The Kier molecular flexibility index (Phi) is 4.47. The summed E-state index contributed by atoms with van der Waals surface area (Å²) in [5, 5.41) is 0.978.